The number of hydrogen-bond donors (Lipinski definition) is 0. The first-order valence-corrected chi connectivity index (χ1v) is 9.14. The molecule has 0 aromatic heterocycles. The minimum atomic E-state index is -0.0756. The van der Waals surface area contributed by atoms with E-state index in [0.717, 1.165) is 30.1 Å². The molecule has 0 N–H and O–H groups in total. The van der Waals surface area contributed by atoms with Crippen LogP contribution in [0.2, 0.25) is 0 Å². The summed E-state index contributed by atoms with van der Waals surface area (Å²) in [6.07, 6.45) is 3.65. The highest BCUT2D eigenvalue weighted by Gasteiger charge is 2.33. The maximum Gasteiger partial charge on any atom is 0.241 e. The first kappa shape index (κ1) is 16.2. The lowest BCUT2D eigenvalue weighted by Crippen LogP contribution is -2.47. The molecule has 0 radical (unpaired) electrons. The highest BCUT2D eigenvalue weighted by Crippen LogP contribution is 2.39. The fraction of sp³-hybridized carbons (Fsp3) is 0.381. The van der Waals surface area contributed by atoms with E-state index in [1.54, 1.807) is 0 Å². The number of carbonyl (C=O) groups is 1. The van der Waals surface area contributed by atoms with Crippen molar-refractivity contribution in [3.63, 3.8) is 0 Å². The van der Waals surface area contributed by atoms with Crippen molar-refractivity contribution in [2.45, 2.75) is 25.3 Å². The molecule has 1 saturated heterocycles. The maximum atomic E-state index is 13.2. The van der Waals surface area contributed by atoms with Crippen molar-refractivity contribution in [3.8, 4) is 5.75 Å². The van der Waals surface area contributed by atoms with Gasteiger partial charge in [0.25, 0.3) is 0 Å². The van der Waals surface area contributed by atoms with Crippen LogP contribution < -0.4 is 9.64 Å². The number of amides is 1. The Morgan fingerprint density at radius 2 is 1.68 bits per heavy atom. The molecule has 4 heteroatoms. The van der Waals surface area contributed by atoms with Gasteiger partial charge in [-0.3, -0.25) is 14.6 Å². The van der Waals surface area contributed by atoms with Gasteiger partial charge < -0.3 is 4.74 Å². The molecule has 2 aliphatic heterocycles. The fourth-order valence-electron chi connectivity index (χ4n) is 3.80. The normalized spacial score (nSPS) is 20.6. The second kappa shape index (κ2) is 7.28. The average Bonchev–Trinajstić information content (AvgIpc) is 2.68. The van der Waals surface area contributed by atoms with Crippen LogP contribution in [0.4, 0.5) is 5.69 Å². The van der Waals surface area contributed by atoms with Crippen molar-refractivity contribution in [2.24, 2.45) is 0 Å². The lowest BCUT2D eigenvalue weighted by Gasteiger charge is -2.38. The number of rotatable bonds is 3. The summed E-state index contributed by atoms with van der Waals surface area (Å²) in [4.78, 5) is 17.5. The van der Waals surface area contributed by atoms with Gasteiger partial charge in [0.05, 0.1) is 18.3 Å². The number of fused-ring (bicyclic) bond motifs is 1. The van der Waals surface area contributed by atoms with Gasteiger partial charge in [-0.05, 0) is 43.6 Å². The molecule has 0 unspecified atom stereocenters. The van der Waals surface area contributed by atoms with Crippen LogP contribution in [0.15, 0.2) is 54.6 Å². The monoisotopic (exact) mass is 336 g/mol. The van der Waals surface area contributed by atoms with Crippen LogP contribution in [0.3, 0.4) is 0 Å². The molecule has 0 bridgehead atoms. The molecule has 2 aromatic rings. The van der Waals surface area contributed by atoms with Crippen molar-refractivity contribution < 1.29 is 9.53 Å². The van der Waals surface area contributed by atoms with Crippen LogP contribution in [-0.4, -0.2) is 37.0 Å². The van der Waals surface area contributed by atoms with Gasteiger partial charge in [0, 0.05) is 0 Å². The molecule has 0 spiro atoms. The van der Waals surface area contributed by atoms with Crippen molar-refractivity contribution in [3.05, 3.63) is 60.2 Å². The number of benzene rings is 2. The number of carbonyl (C=O) groups excluding carboxylic acids is 1. The number of hydrogen-bond acceptors (Lipinski definition) is 3. The van der Waals surface area contributed by atoms with Gasteiger partial charge in [0.1, 0.15) is 12.4 Å². The molecular weight excluding hydrogens is 312 g/mol. The van der Waals surface area contributed by atoms with E-state index in [9.17, 15) is 4.79 Å². The van der Waals surface area contributed by atoms with E-state index in [-0.39, 0.29) is 11.9 Å². The zero-order valence-electron chi connectivity index (χ0n) is 14.4. The summed E-state index contributed by atoms with van der Waals surface area (Å²) in [5, 5.41) is 0. The molecule has 0 aliphatic carbocycles. The van der Waals surface area contributed by atoms with E-state index in [1.165, 1.54) is 19.3 Å². The van der Waals surface area contributed by atoms with E-state index in [0.29, 0.717) is 13.2 Å². The Kier molecular flexibility index (Phi) is 4.70. The summed E-state index contributed by atoms with van der Waals surface area (Å²) >= 11 is 0. The molecule has 2 heterocycles. The molecule has 1 atom stereocenters. The number of nitrogens with zero attached hydrogens (tertiary/aromatic N) is 2. The van der Waals surface area contributed by atoms with E-state index < -0.39 is 0 Å². The molecule has 2 aromatic carbocycles. The molecule has 2 aliphatic rings. The number of anilines is 1. The third-order valence-electron chi connectivity index (χ3n) is 5.09. The maximum absolute atomic E-state index is 13.2. The zero-order chi connectivity index (χ0) is 17.1. The van der Waals surface area contributed by atoms with Gasteiger partial charge in [0.15, 0.2) is 0 Å². The number of piperidine rings is 1. The molecule has 4 nitrogen and oxygen atoms in total. The molecule has 25 heavy (non-hydrogen) atoms. The minimum absolute atomic E-state index is 0.0756. The van der Waals surface area contributed by atoms with E-state index in [1.807, 2.05) is 47.4 Å². The molecule has 0 saturated carbocycles. The summed E-state index contributed by atoms with van der Waals surface area (Å²) < 4.78 is 5.95. The van der Waals surface area contributed by atoms with Gasteiger partial charge >= 0.3 is 0 Å². The Labute approximate surface area is 149 Å². The smallest absolute Gasteiger partial charge is 0.241 e. The summed E-state index contributed by atoms with van der Waals surface area (Å²) in [6.45, 7) is 3.02. The Balaban J connectivity index is 1.64. The largest absolute Gasteiger partial charge is 0.489 e. The summed E-state index contributed by atoms with van der Waals surface area (Å²) in [7, 11) is 0. The van der Waals surface area contributed by atoms with E-state index in [2.05, 4.69) is 17.0 Å². The first-order chi connectivity index (χ1) is 12.3. The SMILES string of the molecule is O=C(CN1CCCCC1)N1c2ccccc2OC[C@@H]1c1ccccc1. The molecule has 130 valence electrons. The molecular formula is C21H24N2O2. The van der Waals surface area contributed by atoms with Crippen LogP contribution >= 0.6 is 0 Å². The van der Waals surface area contributed by atoms with Gasteiger partial charge in [-0.15, -0.1) is 0 Å². The molecule has 4 rings (SSSR count). The third kappa shape index (κ3) is 3.40. The highest BCUT2D eigenvalue weighted by molar-refractivity contribution is 5.97. The molecule has 1 amide bonds. The van der Waals surface area contributed by atoms with Crippen molar-refractivity contribution in [1.29, 1.82) is 0 Å². The minimum Gasteiger partial charge on any atom is -0.489 e. The zero-order valence-corrected chi connectivity index (χ0v) is 14.4. The van der Waals surface area contributed by atoms with E-state index >= 15 is 0 Å². The quantitative estimate of drug-likeness (QED) is 0.858. The third-order valence-corrected chi connectivity index (χ3v) is 5.09. The standard InChI is InChI=1S/C21H24N2O2/c24-21(15-22-13-7-2-8-14-22)23-18-11-5-6-12-20(18)25-16-19(23)17-9-3-1-4-10-17/h1,3-6,9-12,19H,2,7-8,13-16H2/t19-/m1/s1. The lowest BCUT2D eigenvalue weighted by molar-refractivity contribution is -0.120. The topological polar surface area (TPSA) is 32.8 Å². The van der Waals surface area contributed by atoms with Crippen molar-refractivity contribution >= 4 is 11.6 Å². The predicted octanol–water partition coefficient (Wildman–Crippen LogP) is 3.64. The average molecular weight is 336 g/mol. The van der Waals surface area contributed by atoms with Crippen molar-refractivity contribution in [1.82, 2.24) is 4.90 Å². The Bertz CT molecular complexity index is 726. The summed E-state index contributed by atoms with van der Waals surface area (Å²) in [5.74, 6) is 0.952. The fourth-order valence-corrected chi connectivity index (χ4v) is 3.80. The number of likely N-dealkylation sites (tertiary alicyclic amines) is 1. The van der Waals surface area contributed by atoms with Gasteiger partial charge in [-0.1, -0.05) is 48.9 Å². The Hall–Kier alpha value is -2.33. The van der Waals surface area contributed by atoms with E-state index in [4.69, 9.17) is 4.74 Å². The lowest BCUT2D eigenvalue weighted by atomic mass is 10.0. The van der Waals surface area contributed by atoms with Crippen molar-refractivity contribution in [2.75, 3.05) is 31.1 Å². The summed E-state index contributed by atoms with van der Waals surface area (Å²) in [5.41, 5.74) is 1.99. The second-order valence-corrected chi connectivity index (χ2v) is 6.81. The van der Waals surface area contributed by atoms with Gasteiger partial charge in [0.2, 0.25) is 5.91 Å². The Morgan fingerprint density at radius 1 is 0.960 bits per heavy atom. The van der Waals surface area contributed by atoms with Crippen LogP contribution in [0.1, 0.15) is 30.9 Å². The van der Waals surface area contributed by atoms with Gasteiger partial charge in [-0.2, -0.15) is 0 Å². The van der Waals surface area contributed by atoms with Crippen LogP contribution in [0, 0.1) is 0 Å². The Morgan fingerprint density at radius 3 is 2.48 bits per heavy atom. The van der Waals surface area contributed by atoms with Gasteiger partial charge in [-0.25, -0.2) is 0 Å². The summed E-state index contributed by atoms with van der Waals surface area (Å²) in [6, 6.07) is 18.0. The van der Waals surface area contributed by atoms with Crippen LogP contribution in [0.25, 0.3) is 0 Å². The number of para-hydroxylation sites is 2. The first-order valence-electron chi connectivity index (χ1n) is 9.14. The van der Waals surface area contributed by atoms with Crippen LogP contribution in [-0.2, 0) is 4.79 Å². The highest BCUT2D eigenvalue weighted by atomic mass is 16.5. The predicted molar refractivity (Wildman–Crippen MR) is 98.9 cm³/mol. The second-order valence-electron chi connectivity index (χ2n) is 6.81. The number of ether oxygens (including phenoxy) is 1. The van der Waals surface area contributed by atoms with Crippen LogP contribution in [0.5, 0.6) is 5.75 Å². The molecule has 1 fully saturated rings.